The number of carbonyl (C=O) groups is 1. The molecule has 0 spiro atoms. The summed E-state index contributed by atoms with van der Waals surface area (Å²) in [6.07, 6.45) is 2.82. The van der Waals surface area contributed by atoms with E-state index in [2.05, 4.69) is 22.3 Å². The first-order valence-corrected chi connectivity index (χ1v) is 11.8. The molecule has 2 aromatic rings. The van der Waals surface area contributed by atoms with Gasteiger partial charge in [-0.1, -0.05) is 36.8 Å². The van der Waals surface area contributed by atoms with Crippen molar-refractivity contribution >= 4 is 15.9 Å². The molecule has 1 N–H and O–H groups in total. The average Bonchev–Trinajstić information content (AvgIpc) is 2.73. The minimum absolute atomic E-state index is 0.188. The van der Waals surface area contributed by atoms with Crippen molar-refractivity contribution in [3.8, 4) is 0 Å². The molecule has 0 radical (unpaired) electrons. The summed E-state index contributed by atoms with van der Waals surface area (Å²) in [7, 11) is 0.480. The largest absolute Gasteiger partial charge is 0.348 e. The number of hydrogen-bond donors (Lipinski definition) is 1. The highest BCUT2D eigenvalue weighted by Gasteiger charge is 2.27. The summed E-state index contributed by atoms with van der Waals surface area (Å²) in [5, 5.41) is 2.92. The number of hydrogen-bond acceptors (Lipinski definition) is 4. The van der Waals surface area contributed by atoms with Gasteiger partial charge in [0.05, 0.1) is 4.90 Å². The Labute approximate surface area is 179 Å². The fourth-order valence-electron chi connectivity index (χ4n) is 3.67. The smallest absolute Gasteiger partial charge is 0.251 e. The van der Waals surface area contributed by atoms with Crippen LogP contribution in [-0.4, -0.2) is 50.7 Å². The van der Waals surface area contributed by atoms with Crippen molar-refractivity contribution in [2.45, 2.75) is 44.2 Å². The normalized spacial score (nSPS) is 15.3. The average molecular weight is 430 g/mol. The molecule has 0 unspecified atom stereocenters. The minimum atomic E-state index is -3.57. The number of amides is 1. The SMILES string of the molecule is Cc1ccc(S(=O)(=O)N2CCCCC2)cc1C(=O)NCc1ccc(CN(C)C)cc1. The summed E-state index contributed by atoms with van der Waals surface area (Å²) >= 11 is 0. The third-order valence-corrected chi connectivity index (χ3v) is 7.28. The zero-order valence-corrected chi connectivity index (χ0v) is 18.8. The highest BCUT2D eigenvalue weighted by atomic mass is 32.2. The van der Waals surface area contributed by atoms with Crippen molar-refractivity contribution in [2.24, 2.45) is 0 Å². The molecule has 0 atom stereocenters. The van der Waals surface area contributed by atoms with Gasteiger partial charge >= 0.3 is 0 Å². The lowest BCUT2D eigenvalue weighted by molar-refractivity contribution is 0.0950. The van der Waals surface area contributed by atoms with Crippen LogP contribution < -0.4 is 5.32 Å². The summed E-state index contributed by atoms with van der Waals surface area (Å²) in [5.74, 6) is -0.263. The van der Waals surface area contributed by atoms with Crippen molar-refractivity contribution in [1.29, 1.82) is 0 Å². The predicted octanol–water partition coefficient (Wildman–Crippen LogP) is 3.16. The van der Waals surface area contributed by atoms with E-state index in [1.54, 1.807) is 12.1 Å². The fraction of sp³-hybridized carbons (Fsp3) is 0.435. The summed E-state index contributed by atoms with van der Waals surface area (Å²) in [6.45, 7) is 4.17. The molecule has 1 saturated heterocycles. The second-order valence-corrected chi connectivity index (χ2v) is 10.1. The molecule has 162 valence electrons. The third-order valence-electron chi connectivity index (χ3n) is 5.38. The van der Waals surface area contributed by atoms with Crippen molar-refractivity contribution in [1.82, 2.24) is 14.5 Å². The van der Waals surface area contributed by atoms with Gasteiger partial charge in [0.1, 0.15) is 0 Å². The molecule has 0 aliphatic carbocycles. The molecular weight excluding hydrogens is 398 g/mol. The molecule has 7 heteroatoms. The van der Waals surface area contributed by atoms with Gasteiger partial charge in [-0.3, -0.25) is 4.79 Å². The number of carbonyl (C=O) groups excluding carboxylic acids is 1. The van der Waals surface area contributed by atoms with Gasteiger partial charge in [-0.15, -0.1) is 0 Å². The van der Waals surface area contributed by atoms with E-state index in [1.807, 2.05) is 33.2 Å². The van der Waals surface area contributed by atoms with Crippen LogP contribution in [0.15, 0.2) is 47.4 Å². The van der Waals surface area contributed by atoms with Crippen LogP contribution in [0.25, 0.3) is 0 Å². The lowest BCUT2D eigenvalue weighted by atomic mass is 10.1. The van der Waals surface area contributed by atoms with Gasteiger partial charge in [-0.05, 0) is 62.7 Å². The number of rotatable bonds is 7. The van der Waals surface area contributed by atoms with E-state index in [0.29, 0.717) is 25.2 Å². The zero-order valence-electron chi connectivity index (χ0n) is 18.0. The van der Waals surface area contributed by atoms with Crippen LogP contribution in [0.3, 0.4) is 0 Å². The maximum atomic E-state index is 13.0. The highest BCUT2D eigenvalue weighted by molar-refractivity contribution is 7.89. The predicted molar refractivity (Wildman–Crippen MR) is 119 cm³/mol. The van der Waals surface area contributed by atoms with E-state index in [9.17, 15) is 13.2 Å². The minimum Gasteiger partial charge on any atom is -0.348 e. The van der Waals surface area contributed by atoms with Crippen molar-refractivity contribution in [3.05, 3.63) is 64.7 Å². The van der Waals surface area contributed by atoms with Crippen molar-refractivity contribution in [2.75, 3.05) is 27.2 Å². The van der Waals surface area contributed by atoms with E-state index in [0.717, 1.165) is 36.9 Å². The molecule has 0 saturated carbocycles. The molecule has 3 rings (SSSR count). The Hall–Kier alpha value is -2.22. The van der Waals surface area contributed by atoms with E-state index in [4.69, 9.17) is 0 Å². The molecular formula is C23H31N3O3S. The lowest BCUT2D eigenvalue weighted by Crippen LogP contribution is -2.35. The molecule has 1 aliphatic heterocycles. The van der Waals surface area contributed by atoms with Crippen LogP contribution in [0.1, 0.15) is 46.3 Å². The second-order valence-electron chi connectivity index (χ2n) is 8.18. The third kappa shape index (κ3) is 5.47. The van der Waals surface area contributed by atoms with Gasteiger partial charge in [-0.2, -0.15) is 4.31 Å². The van der Waals surface area contributed by atoms with Gasteiger partial charge in [0.25, 0.3) is 5.91 Å². The highest BCUT2D eigenvalue weighted by Crippen LogP contribution is 2.23. The van der Waals surface area contributed by atoms with Gasteiger partial charge in [0.2, 0.25) is 10.0 Å². The zero-order chi connectivity index (χ0) is 21.7. The Balaban J connectivity index is 1.70. The fourth-order valence-corrected chi connectivity index (χ4v) is 5.21. The summed E-state index contributed by atoms with van der Waals surface area (Å²) in [5.41, 5.74) is 3.37. The first-order chi connectivity index (χ1) is 14.3. The van der Waals surface area contributed by atoms with Crippen molar-refractivity contribution in [3.63, 3.8) is 0 Å². The Morgan fingerprint density at radius 2 is 1.63 bits per heavy atom. The van der Waals surface area contributed by atoms with Crippen LogP contribution in [0.2, 0.25) is 0 Å². The summed E-state index contributed by atoms with van der Waals surface area (Å²) < 4.78 is 27.4. The van der Waals surface area contributed by atoms with Gasteiger partial charge in [-0.25, -0.2) is 8.42 Å². The van der Waals surface area contributed by atoms with Crippen LogP contribution >= 0.6 is 0 Å². The number of nitrogens with one attached hydrogen (secondary N) is 1. The second kappa shape index (κ2) is 9.73. The maximum Gasteiger partial charge on any atom is 0.251 e. The number of piperidine rings is 1. The van der Waals surface area contributed by atoms with Gasteiger partial charge < -0.3 is 10.2 Å². The quantitative estimate of drug-likeness (QED) is 0.734. The first kappa shape index (κ1) is 22.5. The van der Waals surface area contributed by atoms with Crippen molar-refractivity contribution < 1.29 is 13.2 Å². The Bertz CT molecular complexity index is 979. The van der Waals surface area contributed by atoms with Gasteiger partial charge in [0.15, 0.2) is 0 Å². The van der Waals surface area contributed by atoms with E-state index in [-0.39, 0.29) is 10.8 Å². The monoisotopic (exact) mass is 429 g/mol. The van der Waals surface area contributed by atoms with E-state index in [1.165, 1.54) is 15.9 Å². The topological polar surface area (TPSA) is 69.7 Å². The Kier molecular flexibility index (Phi) is 7.28. The number of nitrogens with zero attached hydrogens (tertiary/aromatic N) is 2. The number of sulfonamides is 1. The first-order valence-electron chi connectivity index (χ1n) is 10.4. The van der Waals surface area contributed by atoms with Crippen LogP contribution in [0.5, 0.6) is 0 Å². The number of benzene rings is 2. The standard InChI is InChI=1S/C23H31N3O3S/c1-18-7-12-21(30(28,29)26-13-5-4-6-14-26)15-22(18)23(27)24-16-19-8-10-20(11-9-19)17-25(2)3/h7-12,15H,4-6,13-14,16-17H2,1-3H3,(H,24,27). The van der Waals surface area contributed by atoms with Crippen LogP contribution in [-0.2, 0) is 23.1 Å². The maximum absolute atomic E-state index is 13.0. The molecule has 1 fully saturated rings. The Morgan fingerprint density at radius 1 is 1.00 bits per heavy atom. The molecule has 1 aliphatic rings. The van der Waals surface area contributed by atoms with E-state index >= 15 is 0 Å². The molecule has 0 aromatic heterocycles. The van der Waals surface area contributed by atoms with Crippen LogP contribution in [0.4, 0.5) is 0 Å². The van der Waals surface area contributed by atoms with Gasteiger partial charge in [0, 0.05) is 31.7 Å². The summed E-state index contributed by atoms with van der Waals surface area (Å²) in [6, 6.07) is 12.9. The van der Waals surface area contributed by atoms with Crippen LogP contribution in [0, 0.1) is 6.92 Å². The summed E-state index contributed by atoms with van der Waals surface area (Å²) in [4.78, 5) is 15.1. The molecule has 0 bridgehead atoms. The lowest BCUT2D eigenvalue weighted by Gasteiger charge is -2.26. The molecule has 1 heterocycles. The molecule has 2 aromatic carbocycles. The molecule has 6 nitrogen and oxygen atoms in total. The molecule has 1 amide bonds. The van der Waals surface area contributed by atoms with E-state index < -0.39 is 10.0 Å². The number of aryl methyl sites for hydroxylation is 1. The Morgan fingerprint density at radius 3 is 2.27 bits per heavy atom. The molecule has 30 heavy (non-hydrogen) atoms.